The fourth-order valence-electron chi connectivity index (χ4n) is 1.82. The summed E-state index contributed by atoms with van der Waals surface area (Å²) in [5.74, 6) is 5.42. The van der Waals surface area contributed by atoms with Gasteiger partial charge in [-0.2, -0.15) is 0 Å². The van der Waals surface area contributed by atoms with Crippen LogP contribution in [0.4, 0.5) is 0 Å². The van der Waals surface area contributed by atoms with E-state index in [1.807, 2.05) is 0 Å². The number of hydrazine groups is 1. The quantitative estimate of drug-likeness (QED) is 0.515. The van der Waals surface area contributed by atoms with E-state index in [0.717, 1.165) is 10.0 Å². The number of ether oxygens (including phenoxy) is 1. The molecule has 0 spiro atoms. The summed E-state index contributed by atoms with van der Waals surface area (Å²) in [5, 5.41) is 0. The lowest BCUT2D eigenvalue weighted by molar-refractivity contribution is 0.0954. The van der Waals surface area contributed by atoms with E-state index in [-0.39, 0.29) is 5.91 Å². The van der Waals surface area contributed by atoms with Crippen LogP contribution in [0.3, 0.4) is 0 Å². The molecule has 0 saturated carbocycles. The van der Waals surface area contributed by atoms with Gasteiger partial charge < -0.3 is 4.74 Å². The van der Waals surface area contributed by atoms with E-state index in [4.69, 9.17) is 10.6 Å². The van der Waals surface area contributed by atoms with Gasteiger partial charge in [-0.25, -0.2) is 5.84 Å². The molecule has 3 N–H and O–H groups in total. The number of methoxy groups -OCH3 is 1. The number of hydrogen-bond donors (Lipinski definition) is 2. The van der Waals surface area contributed by atoms with Gasteiger partial charge in [0.1, 0.15) is 5.75 Å². The second-order valence-corrected chi connectivity index (χ2v) is 4.66. The average molecular weight is 322 g/mol. The molecular weight excluding hydrogens is 310 g/mol. The molecule has 1 heterocycles. The minimum Gasteiger partial charge on any atom is -0.496 e. The Morgan fingerprint density at radius 3 is 2.63 bits per heavy atom. The van der Waals surface area contributed by atoms with Crippen LogP contribution in [0.5, 0.6) is 5.75 Å². The van der Waals surface area contributed by atoms with Gasteiger partial charge in [0, 0.05) is 22.4 Å². The lowest BCUT2D eigenvalue weighted by Crippen LogP contribution is -2.30. The molecule has 1 aromatic heterocycles. The third-order valence-corrected chi connectivity index (χ3v) is 3.09. The van der Waals surface area contributed by atoms with E-state index in [2.05, 4.69) is 26.3 Å². The summed E-state index contributed by atoms with van der Waals surface area (Å²) < 4.78 is 6.08. The SMILES string of the molecule is COc1cc(Br)cc(C(=O)NN)c1-c1ccncc1. The van der Waals surface area contributed by atoms with Gasteiger partial charge in [0.05, 0.1) is 12.7 Å². The van der Waals surface area contributed by atoms with Crippen molar-refractivity contribution in [2.75, 3.05) is 7.11 Å². The van der Waals surface area contributed by atoms with Crippen molar-refractivity contribution in [1.29, 1.82) is 0 Å². The van der Waals surface area contributed by atoms with Crippen LogP contribution in [0.1, 0.15) is 10.4 Å². The minimum absolute atomic E-state index is 0.383. The van der Waals surface area contributed by atoms with Crippen LogP contribution in [0.15, 0.2) is 41.1 Å². The first-order valence-electron chi connectivity index (χ1n) is 5.46. The number of hydrogen-bond acceptors (Lipinski definition) is 4. The molecule has 0 unspecified atom stereocenters. The number of pyridine rings is 1. The molecular formula is C13H12BrN3O2. The average Bonchev–Trinajstić information content (AvgIpc) is 2.46. The van der Waals surface area contributed by atoms with E-state index in [1.165, 1.54) is 0 Å². The Hall–Kier alpha value is -1.92. The number of amides is 1. The number of nitrogens with two attached hydrogens (primary N) is 1. The summed E-state index contributed by atoms with van der Waals surface area (Å²) >= 11 is 3.34. The standard InChI is InChI=1S/C13H12BrN3O2/c1-19-11-7-9(14)6-10(13(18)17-15)12(11)8-2-4-16-5-3-8/h2-7H,15H2,1H3,(H,17,18). The van der Waals surface area contributed by atoms with Crippen LogP contribution in [-0.4, -0.2) is 18.0 Å². The Kier molecular flexibility index (Phi) is 4.13. The van der Waals surface area contributed by atoms with Gasteiger partial charge in [-0.05, 0) is 29.8 Å². The highest BCUT2D eigenvalue weighted by Crippen LogP contribution is 2.35. The summed E-state index contributed by atoms with van der Waals surface area (Å²) in [5.41, 5.74) is 4.08. The number of benzene rings is 1. The molecule has 2 aromatic rings. The normalized spacial score (nSPS) is 10.1. The van der Waals surface area contributed by atoms with E-state index >= 15 is 0 Å². The van der Waals surface area contributed by atoms with Gasteiger partial charge in [-0.3, -0.25) is 15.2 Å². The maximum atomic E-state index is 11.9. The van der Waals surface area contributed by atoms with Crippen LogP contribution >= 0.6 is 15.9 Å². The van der Waals surface area contributed by atoms with Crippen LogP contribution in [0.25, 0.3) is 11.1 Å². The van der Waals surface area contributed by atoms with E-state index in [9.17, 15) is 4.79 Å². The van der Waals surface area contributed by atoms with E-state index < -0.39 is 0 Å². The Balaban J connectivity index is 2.72. The van der Waals surface area contributed by atoms with Gasteiger partial charge in [0.2, 0.25) is 0 Å². The first kappa shape index (κ1) is 13.5. The highest BCUT2D eigenvalue weighted by molar-refractivity contribution is 9.10. The van der Waals surface area contributed by atoms with Gasteiger partial charge in [-0.1, -0.05) is 15.9 Å². The molecule has 1 aromatic carbocycles. The zero-order chi connectivity index (χ0) is 13.8. The van der Waals surface area contributed by atoms with Crippen molar-refractivity contribution in [2.24, 2.45) is 5.84 Å². The van der Waals surface area contributed by atoms with Gasteiger partial charge in [0.25, 0.3) is 5.91 Å². The van der Waals surface area contributed by atoms with Crippen LogP contribution in [-0.2, 0) is 0 Å². The maximum absolute atomic E-state index is 11.9. The lowest BCUT2D eigenvalue weighted by atomic mass is 9.99. The number of aromatic nitrogens is 1. The first-order valence-corrected chi connectivity index (χ1v) is 6.25. The minimum atomic E-state index is -0.383. The molecule has 0 aliphatic rings. The smallest absolute Gasteiger partial charge is 0.265 e. The number of halogens is 1. The molecule has 2 rings (SSSR count). The molecule has 0 saturated heterocycles. The lowest BCUT2D eigenvalue weighted by Gasteiger charge is -2.14. The third kappa shape index (κ3) is 2.74. The van der Waals surface area contributed by atoms with Crippen molar-refractivity contribution in [1.82, 2.24) is 10.4 Å². The van der Waals surface area contributed by atoms with E-state index in [0.29, 0.717) is 16.9 Å². The fraction of sp³-hybridized carbons (Fsp3) is 0.0769. The van der Waals surface area contributed by atoms with Gasteiger partial charge >= 0.3 is 0 Å². The monoisotopic (exact) mass is 321 g/mol. The number of carbonyl (C=O) groups is 1. The zero-order valence-electron chi connectivity index (χ0n) is 10.2. The molecule has 19 heavy (non-hydrogen) atoms. The van der Waals surface area contributed by atoms with Crippen molar-refractivity contribution in [3.63, 3.8) is 0 Å². The largest absolute Gasteiger partial charge is 0.496 e. The number of carbonyl (C=O) groups excluding carboxylic acids is 1. The van der Waals surface area contributed by atoms with Crippen LogP contribution in [0.2, 0.25) is 0 Å². The fourth-order valence-corrected chi connectivity index (χ4v) is 2.25. The van der Waals surface area contributed by atoms with Crippen molar-refractivity contribution in [3.05, 3.63) is 46.7 Å². The molecule has 0 fully saturated rings. The van der Waals surface area contributed by atoms with Gasteiger partial charge in [0.15, 0.2) is 0 Å². The van der Waals surface area contributed by atoms with Crippen molar-refractivity contribution in [2.45, 2.75) is 0 Å². The topological polar surface area (TPSA) is 77.2 Å². The number of nitrogen functional groups attached to an aromatic ring is 1. The summed E-state index contributed by atoms with van der Waals surface area (Å²) in [6.45, 7) is 0. The Morgan fingerprint density at radius 2 is 2.05 bits per heavy atom. The third-order valence-electron chi connectivity index (χ3n) is 2.63. The summed E-state index contributed by atoms with van der Waals surface area (Å²) in [6, 6.07) is 7.10. The number of nitrogens with zero attached hydrogens (tertiary/aromatic N) is 1. The van der Waals surface area contributed by atoms with Crippen molar-refractivity contribution >= 4 is 21.8 Å². The Bertz CT molecular complexity index is 602. The molecule has 98 valence electrons. The molecule has 1 amide bonds. The van der Waals surface area contributed by atoms with Crippen LogP contribution in [0, 0.1) is 0 Å². The highest BCUT2D eigenvalue weighted by atomic mass is 79.9. The van der Waals surface area contributed by atoms with Crippen LogP contribution < -0.4 is 16.0 Å². The molecule has 0 bridgehead atoms. The number of nitrogens with one attached hydrogen (secondary N) is 1. The summed E-state index contributed by atoms with van der Waals surface area (Å²) in [6.07, 6.45) is 3.31. The zero-order valence-corrected chi connectivity index (χ0v) is 11.8. The Labute approximate surface area is 118 Å². The molecule has 0 aliphatic heterocycles. The molecule has 5 nitrogen and oxygen atoms in total. The predicted octanol–water partition coefficient (Wildman–Crippen LogP) is 2.12. The van der Waals surface area contributed by atoms with Crippen molar-refractivity contribution in [3.8, 4) is 16.9 Å². The highest BCUT2D eigenvalue weighted by Gasteiger charge is 2.18. The van der Waals surface area contributed by atoms with Gasteiger partial charge in [-0.15, -0.1) is 0 Å². The maximum Gasteiger partial charge on any atom is 0.265 e. The second-order valence-electron chi connectivity index (χ2n) is 3.74. The van der Waals surface area contributed by atoms with Crippen molar-refractivity contribution < 1.29 is 9.53 Å². The first-order chi connectivity index (χ1) is 9.17. The number of rotatable bonds is 3. The molecule has 0 radical (unpaired) electrons. The molecule has 0 aliphatic carbocycles. The summed E-state index contributed by atoms with van der Waals surface area (Å²) in [7, 11) is 1.55. The van der Waals surface area contributed by atoms with E-state index in [1.54, 1.807) is 43.8 Å². The Morgan fingerprint density at radius 1 is 1.37 bits per heavy atom. The predicted molar refractivity (Wildman–Crippen MR) is 75.6 cm³/mol. The summed E-state index contributed by atoms with van der Waals surface area (Å²) in [4.78, 5) is 15.9. The molecule has 6 heteroatoms. The second kappa shape index (κ2) is 5.81. The molecule has 0 atom stereocenters.